The molecular formula is C18H26N2O4. The van der Waals surface area contributed by atoms with Crippen molar-refractivity contribution in [3.63, 3.8) is 0 Å². The van der Waals surface area contributed by atoms with E-state index in [2.05, 4.69) is 22.3 Å². The van der Waals surface area contributed by atoms with Gasteiger partial charge in [-0.05, 0) is 44.0 Å². The van der Waals surface area contributed by atoms with Crippen molar-refractivity contribution in [2.45, 2.75) is 31.8 Å². The summed E-state index contributed by atoms with van der Waals surface area (Å²) < 4.78 is 16.3. The van der Waals surface area contributed by atoms with Gasteiger partial charge in [-0.3, -0.25) is 9.69 Å². The number of benzene rings is 1. The molecule has 6 heteroatoms. The van der Waals surface area contributed by atoms with E-state index in [0.717, 1.165) is 30.9 Å². The summed E-state index contributed by atoms with van der Waals surface area (Å²) >= 11 is 0. The Morgan fingerprint density at radius 1 is 1.38 bits per heavy atom. The minimum atomic E-state index is 0.0258. The number of nitrogens with zero attached hydrogens (tertiary/aromatic N) is 1. The van der Waals surface area contributed by atoms with Crippen LogP contribution in [0, 0.1) is 0 Å². The molecule has 1 aromatic rings. The number of amides is 1. The molecule has 6 nitrogen and oxygen atoms in total. The molecule has 2 heterocycles. The van der Waals surface area contributed by atoms with Crippen LogP contribution in [0.25, 0.3) is 0 Å². The van der Waals surface area contributed by atoms with Gasteiger partial charge < -0.3 is 19.5 Å². The van der Waals surface area contributed by atoms with Crippen molar-refractivity contribution in [2.24, 2.45) is 0 Å². The summed E-state index contributed by atoms with van der Waals surface area (Å²) in [5.41, 5.74) is 1.19. The summed E-state index contributed by atoms with van der Waals surface area (Å²) in [4.78, 5) is 14.5. The maximum atomic E-state index is 12.2. The summed E-state index contributed by atoms with van der Waals surface area (Å²) in [5, 5.41) is 2.98. The Morgan fingerprint density at radius 2 is 2.17 bits per heavy atom. The summed E-state index contributed by atoms with van der Waals surface area (Å²) in [7, 11) is 1.64. The molecule has 2 atom stereocenters. The second-order valence-corrected chi connectivity index (χ2v) is 6.46. The summed E-state index contributed by atoms with van der Waals surface area (Å²) in [6.45, 7) is 5.01. The molecule has 0 aromatic heterocycles. The van der Waals surface area contributed by atoms with Crippen LogP contribution < -0.4 is 14.8 Å². The Kier molecular flexibility index (Phi) is 5.58. The molecule has 2 aliphatic heterocycles. The van der Waals surface area contributed by atoms with E-state index in [9.17, 15) is 4.79 Å². The maximum absolute atomic E-state index is 12.2. The van der Waals surface area contributed by atoms with E-state index >= 15 is 0 Å². The molecule has 1 amide bonds. The van der Waals surface area contributed by atoms with E-state index in [1.807, 2.05) is 13.0 Å². The van der Waals surface area contributed by atoms with Gasteiger partial charge in [0.1, 0.15) is 13.2 Å². The highest BCUT2D eigenvalue weighted by Crippen LogP contribution is 2.37. The predicted molar refractivity (Wildman–Crippen MR) is 90.5 cm³/mol. The van der Waals surface area contributed by atoms with Gasteiger partial charge in [0.25, 0.3) is 0 Å². The second-order valence-electron chi connectivity index (χ2n) is 6.46. The molecule has 0 saturated carbocycles. The lowest BCUT2D eigenvalue weighted by atomic mass is 10.0. The number of rotatable bonds is 6. The smallest absolute Gasteiger partial charge is 0.234 e. The fraction of sp³-hybridized carbons (Fsp3) is 0.611. The zero-order valence-electron chi connectivity index (χ0n) is 14.4. The second kappa shape index (κ2) is 7.85. The predicted octanol–water partition coefficient (Wildman–Crippen LogP) is 1.75. The van der Waals surface area contributed by atoms with Gasteiger partial charge in [0.15, 0.2) is 11.5 Å². The van der Waals surface area contributed by atoms with Crippen LogP contribution in [0.5, 0.6) is 11.5 Å². The number of likely N-dealkylation sites (tertiary alicyclic amines) is 1. The minimum absolute atomic E-state index is 0.0258. The van der Waals surface area contributed by atoms with E-state index in [1.54, 1.807) is 7.11 Å². The van der Waals surface area contributed by atoms with Crippen LogP contribution in [0.2, 0.25) is 0 Å². The van der Waals surface area contributed by atoms with E-state index < -0.39 is 0 Å². The fourth-order valence-corrected chi connectivity index (χ4v) is 3.46. The molecule has 1 saturated heterocycles. The number of hydrogen-bond acceptors (Lipinski definition) is 5. The lowest BCUT2D eigenvalue weighted by Crippen LogP contribution is -2.42. The average Bonchev–Trinajstić information content (AvgIpc) is 3.02. The Labute approximate surface area is 143 Å². The highest BCUT2D eigenvalue weighted by atomic mass is 16.6. The van der Waals surface area contributed by atoms with Crippen LogP contribution in [-0.2, 0) is 9.53 Å². The molecule has 0 spiro atoms. The molecule has 1 fully saturated rings. The summed E-state index contributed by atoms with van der Waals surface area (Å²) in [5.74, 6) is 1.66. The summed E-state index contributed by atoms with van der Waals surface area (Å²) in [6.07, 6.45) is 2.15. The van der Waals surface area contributed by atoms with Gasteiger partial charge in [0, 0.05) is 19.2 Å². The standard InChI is InChI=1S/C18H26N2O4/c1-13(12-22-2)19-18(21)11-20-7-3-4-15(20)14-5-6-16-17(10-14)24-9-8-23-16/h5-6,10,13,15H,3-4,7-9,11-12H2,1-2H3,(H,19,21)/t13-,15+/m1/s1. The monoisotopic (exact) mass is 334 g/mol. The molecule has 1 aromatic carbocycles. The van der Waals surface area contributed by atoms with Gasteiger partial charge in [-0.2, -0.15) is 0 Å². The van der Waals surface area contributed by atoms with Crippen LogP contribution in [0.3, 0.4) is 0 Å². The van der Waals surface area contributed by atoms with E-state index in [4.69, 9.17) is 14.2 Å². The first-order valence-corrected chi connectivity index (χ1v) is 8.59. The number of hydrogen-bond donors (Lipinski definition) is 1. The average molecular weight is 334 g/mol. The lowest BCUT2D eigenvalue weighted by molar-refractivity contribution is -0.123. The van der Waals surface area contributed by atoms with Gasteiger partial charge in [-0.15, -0.1) is 0 Å². The largest absolute Gasteiger partial charge is 0.486 e. The van der Waals surface area contributed by atoms with Gasteiger partial charge in [-0.1, -0.05) is 6.07 Å². The van der Waals surface area contributed by atoms with Crippen molar-refractivity contribution >= 4 is 5.91 Å². The van der Waals surface area contributed by atoms with Crippen LogP contribution >= 0.6 is 0 Å². The first kappa shape index (κ1) is 17.0. The SMILES string of the molecule is COC[C@@H](C)NC(=O)CN1CCC[C@H]1c1ccc2c(c1)OCCO2. The van der Waals surface area contributed by atoms with Crippen molar-refractivity contribution in [3.05, 3.63) is 23.8 Å². The number of carbonyl (C=O) groups is 1. The highest BCUT2D eigenvalue weighted by molar-refractivity contribution is 5.78. The minimum Gasteiger partial charge on any atom is -0.486 e. The van der Waals surface area contributed by atoms with Crippen LogP contribution in [0.1, 0.15) is 31.4 Å². The highest BCUT2D eigenvalue weighted by Gasteiger charge is 2.29. The first-order chi connectivity index (χ1) is 11.7. The van der Waals surface area contributed by atoms with Crippen LogP contribution in [-0.4, -0.2) is 56.9 Å². The van der Waals surface area contributed by atoms with E-state index in [1.165, 1.54) is 5.56 Å². The molecule has 0 radical (unpaired) electrons. The van der Waals surface area contributed by atoms with Crippen molar-refractivity contribution in [1.82, 2.24) is 10.2 Å². The quantitative estimate of drug-likeness (QED) is 0.859. The molecule has 3 rings (SSSR count). The third-order valence-electron chi connectivity index (χ3n) is 4.49. The molecule has 0 bridgehead atoms. The number of carbonyl (C=O) groups excluding carboxylic acids is 1. The number of methoxy groups -OCH3 is 1. The summed E-state index contributed by atoms with van der Waals surface area (Å²) in [6, 6.07) is 6.40. The first-order valence-electron chi connectivity index (χ1n) is 8.59. The Bertz CT molecular complexity index is 578. The Hall–Kier alpha value is -1.79. The molecule has 1 N–H and O–H groups in total. The molecule has 24 heavy (non-hydrogen) atoms. The van der Waals surface area contributed by atoms with E-state index in [0.29, 0.717) is 26.4 Å². The third kappa shape index (κ3) is 3.99. The lowest BCUT2D eigenvalue weighted by Gasteiger charge is -2.26. The van der Waals surface area contributed by atoms with Crippen molar-refractivity contribution in [1.29, 1.82) is 0 Å². The van der Waals surface area contributed by atoms with Gasteiger partial charge >= 0.3 is 0 Å². The van der Waals surface area contributed by atoms with Crippen molar-refractivity contribution in [3.8, 4) is 11.5 Å². The zero-order valence-corrected chi connectivity index (χ0v) is 14.4. The van der Waals surface area contributed by atoms with Gasteiger partial charge in [0.05, 0.1) is 13.2 Å². The van der Waals surface area contributed by atoms with E-state index in [-0.39, 0.29) is 18.0 Å². The van der Waals surface area contributed by atoms with Gasteiger partial charge in [0.2, 0.25) is 5.91 Å². The number of ether oxygens (including phenoxy) is 3. The van der Waals surface area contributed by atoms with Crippen molar-refractivity contribution < 1.29 is 19.0 Å². The molecule has 2 aliphatic rings. The third-order valence-corrected chi connectivity index (χ3v) is 4.49. The molecular weight excluding hydrogens is 308 g/mol. The van der Waals surface area contributed by atoms with Gasteiger partial charge in [-0.25, -0.2) is 0 Å². The molecule has 0 aliphatic carbocycles. The molecule has 132 valence electrons. The normalized spacial score (nSPS) is 21.5. The van der Waals surface area contributed by atoms with Crippen LogP contribution in [0.4, 0.5) is 0 Å². The Morgan fingerprint density at radius 3 is 2.96 bits per heavy atom. The number of fused-ring (bicyclic) bond motifs is 1. The topological polar surface area (TPSA) is 60.0 Å². The van der Waals surface area contributed by atoms with Crippen LogP contribution in [0.15, 0.2) is 18.2 Å². The maximum Gasteiger partial charge on any atom is 0.234 e. The van der Waals surface area contributed by atoms with Crippen molar-refractivity contribution in [2.75, 3.05) is 40.0 Å². The zero-order chi connectivity index (χ0) is 16.9. The number of nitrogens with one attached hydrogen (secondary N) is 1. The fourth-order valence-electron chi connectivity index (χ4n) is 3.46. The Balaban J connectivity index is 1.64. The molecule has 0 unspecified atom stereocenters.